The Morgan fingerprint density at radius 2 is 2.29 bits per heavy atom. The fourth-order valence-corrected chi connectivity index (χ4v) is 2.45. The van der Waals surface area contributed by atoms with Crippen molar-refractivity contribution in [1.82, 2.24) is 10.3 Å². The van der Waals surface area contributed by atoms with Gasteiger partial charge < -0.3 is 10.1 Å². The first-order valence-corrected chi connectivity index (χ1v) is 6.11. The van der Waals surface area contributed by atoms with Gasteiger partial charge in [-0.2, -0.15) is 0 Å². The van der Waals surface area contributed by atoms with E-state index in [4.69, 9.17) is 16.3 Å². The first-order valence-electron chi connectivity index (χ1n) is 5.73. The molecule has 88 valence electrons. The van der Waals surface area contributed by atoms with Crippen molar-refractivity contribution in [3.63, 3.8) is 0 Å². The van der Waals surface area contributed by atoms with Crippen LogP contribution in [-0.2, 0) is 13.1 Å². The van der Waals surface area contributed by atoms with E-state index in [0.29, 0.717) is 11.6 Å². The molecule has 0 fully saturated rings. The molecule has 3 rings (SSSR count). The van der Waals surface area contributed by atoms with Crippen LogP contribution in [0, 0.1) is 0 Å². The Labute approximate surface area is 105 Å². The molecule has 0 unspecified atom stereocenters. The molecule has 0 atom stereocenters. The molecule has 3 nitrogen and oxygen atoms in total. The van der Waals surface area contributed by atoms with Crippen LogP contribution >= 0.6 is 11.6 Å². The smallest absolute Gasteiger partial charge is 0.138 e. The van der Waals surface area contributed by atoms with Crippen LogP contribution in [0.2, 0.25) is 5.02 Å². The Bertz CT molecular complexity index is 583. The summed E-state index contributed by atoms with van der Waals surface area (Å²) in [5, 5.41) is 5.09. The lowest BCUT2D eigenvalue weighted by molar-refractivity contribution is 0.341. The number of ether oxygens (including phenoxy) is 1. The van der Waals surface area contributed by atoms with Crippen LogP contribution in [0.15, 0.2) is 18.3 Å². The average molecular weight is 249 g/mol. The number of aromatic nitrogens is 1. The van der Waals surface area contributed by atoms with Gasteiger partial charge in [0.1, 0.15) is 5.75 Å². The Morgan fingerprint density at radius 3 is 3.12 bits per heavy atom. The van der Waals surface area contributed by atoms with Gasteiger partial charge in [-0.1, -0.05) is 11.6 Å². The first kappa shape index (κ1) is 10.8. The summed E-state index contributed by atoms with van der Waals surface area (Å²) in [4.78, 5) is 4.43. The van der Waals surface area contributed by atoms with Gasteiger partial charge in [-0.05, 0) is 30.2 Å². The molecule has 17 heavy (non-hydrogen) atoms. The zero-order valence-corrected chi connectivity index (χ0v) is 10.3. The number of nitrogens with one attached hydrogen (secondary N) is 1. The van der Waals surface area contributed by atoms with E-state index in [1.807, 2.05) is 25.3 Å². The average Bonchev–Trinajstić information content (AvgIpc) is 2.79. The number of halogens is 1. The van der Waals surface area contributed by atoms with Crippen LogP contribution in [0.1, 0.15) is 18.1 Å². The van der Waals surface area contributed by atoms with Crippen molar-refractivity contribution < 1.29 is 4.74 Å². The molecule has 0 radical (unpaired) electrons. The fourth-order valence-electron chi connectivity index (χ4n) is 2.24. The van der Waals surface area contributed by atoms with Gasteiger partial charge >= 0.3 is 0 Å². The standard InChI is InChI=1S/C13H13ClN2O/c1-2-17-13-3-9-10-7-15-5-8(10)6-16-12(9)4-11(13)14/h3-4,6,15H,2,5,7H2,1H3. The Kier molecular flexibility index (Phi) is 2.65. The highest BCUT2D eigenvalue weighted by Gasteiger charge is 2.15. The van der Waals surface area contributed by atoms with Crippen molar-refractivity contribution in [2.45, 2.75) is 20.0 Å². The van der Waals surface area contributed by atoms with Crippen molar-refractivity contribution in [3.8, 4) is 5.75 Å². The van der Waals surface area contributed by atoms with Crippen molar-refractivity contribution in [2.24, 2.45) is 0 Å². The zero-order chi connectivity index (χ0) is 11.8. The van der Waals surface area contributed by atoms with E-state index in [9.17, 15) is 0 Å². The van der Waals surface area contributed by atoms with Crippen molar-refractivity contribution in [2.75, 3.05) is 6.61 Å². The molecule has 0 spiro atoms. The minimum absolute atomic E-state index is 0.617. The highest BCUT2D eigenvalue weighted by Crippen LogP contribution is 2.33. The lowest BCUT2D eigenvalue weighted by atomic mass is 10.1. The highest BCUT2D eigenvalue weighted by molar-refractivity contribution is 6.32. The molecule has 1 aliphatic heterocycles. The molecule has 0 bridgehead atoms. The third kappa shape index (κ3) is 1.75. The number of fused-ring (bicyclic) bond motifs is 3. The monoisotopic (exact) mass is 248 g/mol. The summed E-state index contributed by atoms with van der Waals surface area (Å²) in [5.41, 5.74) is 3.51. The number of hydrogen-bond donors (Lipinski definition) is 1. The van der Waals surface area contributed by atoms with Crippen LogP contribution in [-0.4, -0.2) is 11.6 Å². The summed E-state index contributed by atoms with van der Waals surface area (Å²) >= 11 is 6.15. The molecule has 1 aromatic carbocycles. The maximum atomic E-state index is 6.15. The van der Waals surface area contributed by atoms with Gasteiger partial charge in [0.15, 0.2) is 0 Å². The molecule has 2 heterocycles. The summed E-state index contributed by atoms with van der Waals surface area (Å²) in [6.45, 7) is 4.36. The predicted octanol–water partition coefficient (Wildman–Crippen LogP) is 2.89. The molecule has 0 saturated carbocycles. The van der Waals surface area contributed by atoms with Crippen LogP contribution in [0.5, 0.6) is 5.75 Å². The molecule has 0 aliphatic carbocycles. The van der Waals surface area contributed by atoms with Crippen molar-refractivity contribution in [3.05, 3.63) is 34.5 Å². The quantitative estimate of drug-likeness (QED) is 0.887. The molecule has 1 aliphatic rings. The summed E-state index contributed by atoms with van der Waals surface area (Å²) in [7, 11) is 0. The second-order valence-corrected chi connectivity index (χ2v) is 4.51. The minimum Gasteiger partial charge on any atom is -0.492 e. The van der Waals surface area contributed by atoms with Crippen LogP contribution < -0.4 is 10.1 Å². The van der Waals surface area contributed by atoms with Crippen LogP contribution in [0.3, 0.4) is 0 Å². The molecule has 1 N–H and O–H groups in total. The van der Waals surface area contributed by atoms with Gasteiger partial charge in [0, 0.05) is 24.7 Å². The van der Waals surface area contributed by atoms with Gasteiger partial charge in [0.2, 0.25) is 0 Å². The largest absolute Gasteiger partial charge is 0.492 e. The lowest BCUT2D eigenvalue weighted by Crippen LogP contribution is -2.00. The molecular weight excluding hydrogens is 236 g/mol. The molecule has 0 amide bonds. The van der Waals surface area contributed by atoms with Crippen molar-refractivity contribution >= 4 is 22.5 Å². The summed E-state index contributed by atoms with van der Waals surface area (Å²) in [5.74, 6) is 0.740. The summed E-state index contributed by atoms with van der Waals surface area (Å²) in [6, 6.07) is 3.88. The SMILES string of the molecule is CCOc1cc2c3c(cnc2cc1Cl)CNC3. The second-order valence-electron chi connectivity index (χ2n) is 4.10. The Morgan fingerprint density at radius 1 is 1.41 bits per heavy atom. The summed E-state index contributed by atoms with van der Waals surface area (Å²) < 4.78 is 5.52. The van der Waals surface area contributed by atoms with E-state index in [-0.39, 0.29) is 0 Å². The number of pyridine rings is 1. The number of nitrogens with zero attached hydrogens (tertiary/aromatic N) is 1. The first-order chi connectivity index (χ1) is 8.29. The van der Waals surface area contributed by atoms with E-state index >= 15 is 0 Å². The zero-order valence-electron chi connectivity index (χ0n) is 9.59. The second kappa shape index (κ2) is 4.17. The molecule has 4 heteroatoms. The maximum Gasteiger partial charge on any atom is 0.138 e. The van der Waals surface area contributed by atoms with Gasteiger partial charge in [-0.3, -0.25) is 4.98 Å². The lowest BCUT2D eigenvalue weighted by Gasteiger charge is -2.09. The van der Waals surface area contributed by atoms with E-state index < -0.39 is 0 Å². The van der Waals surface area contributed by atoms with Crippen molar-refractivity contribution in [1.29, 1.82) is 0 Å². The summed E-state index contributed by atoms with van der Waals surface area (Å²) in [6.07, 6.45) is 1.92. The topological polar surface area (TPSA) is 34.1 Å². The third-order valence-corrected chi connectivity index (χ3v) is 3.33. The molecule has 0 saturated heterocycles. The maximum absolute atomic E-state index is 6.15. The number of benzene rings is 1. The Hall–Kier alpha value is -1.32. The van der Waals surface area contributed by atoms with Gasteiger partial charge in [-0.25, -0.2) is 0 Å². The van der Waals surface area contributed by atoms with E-state index in [0.717, 1.165) is 29.7 Å². The molecule has 2 aromatic rings. The van der Waals surface area contributed by atoms with Gasteiger partial charge in [-0.15, -0.1) is 0 Å². The predicted molar refractivity (Wildman–Crippen MR) is 68.5 cm³/mol. The molecule has 1 aromatic heterocycles. The Balaban J connectivity index is 2.25. The number of hydrogen-bond acceptors (Lipinski definition) is 3. The van der Waals surface area contributed by atoms with E-state index in [2.05, 4.69) is 10.3 Å². The normalized spacial score (nSPS) is 14.0. The fraction of sp³-hybridized carbons (Fsp3) is 0.308. The van der Waals surface area contributed by atoms with Crippen LogP contribution in [0.25, 0.3) is 10.9 Å². The van der Waals surface area contributed by atoms with Gasteiger partial charge in [0.25, 0.3) is 0 Å². The molecular formula is C13H13ClN2O. The van der Waals surface area contributed by atoms with E-state index in [1.165, 1.54) is 11.1 Å². The number of rotatable bonds is 2. The third-order valence-electron chi connectivity index (χ3n) is 3.04. The highest BCUT2D eigenvalue weighted by atomic mass is 35.5. The van der Waals surface area contributed by atoms with E-state index in [1.54, 1.807) is 0 Å². The minimum atomic E-state index is 0.617. The van der Waals surface area contributed by atoms with Crippen LogP contribution in [0.4, 0.5) is 0 Å². The van der Waals surface area contributed by atoms with Gasteiger partial charge in [0.05, 0.1) is 17.1 Å².